The van der Waals surface area contributed by atoms with E-state index in [1.54, 1.807) is 12.7 Å². The minimum Gasteiger partial charge on any atom is -0.389 e. The lowest BCUT2D eigenvalue weighted by atomic mass is 9.93. The number of hydrogen-bond acceptors (Lipinski definition) is 8. The lowest BCUT2D eigenvalue weighted by molar-refractivity contribution is -0.0104. The first kappa shape index (κ1) is 18.0. The molecule has 2 fully saturated rings. The molecular formula is C23H21N7O2. The van der Waals surface area contributed by atoms with E-state index in [1.165, 1.54) is 0 Å². The van der Waals surface area contributed by atoms with E-state index in [9.17, 15) is 5.11 Å². The predicted molar refractivity (Wildman–Crippen MR) is 118 cm³/mol. The average Bonchev–Trinajstić information content (AvgIpc) is 3.23. The largest absolute Gasteiger partial charge is 0.389 e. The Bertz CT molecular complexity index is 1380. The van der Waals surface area contributed by atoms with E-state index in [0.29, 0.717) is 12.5 Å². The lowest BCUT2D eigenvalue weighted by Crippen LogP contribution is -2.29. The molecule has 160 valence electrons. The Morgan fingerprint density at radius 1 is 1.06 bits per heavy atom. The van der Waals surface area contributed by atoms with Crippen LogP contribution in [0.4, 0.5) is 5.82 Å². The van der Waals surface area contributed by atoms with Crippen molar-refractivity contribution >= 4 is 33.6 Å². The smallest absolute Gasteiger partial charge is 0.165 e. The van der Waals surface area contributed by atoms with Crippen molar-refractivity contribution in [3.63, 3.8) is 0 Å². The van der Waals surface area contributed by atoms with Crippen LogP contribution in [-0.4, -0.2) is 53.6 Å². The summed E-state index contributed by atoms with van der Waals surface area (Å²) in [5, 5.41) is 19.6. The van der Waals surface area contributed by atoms with Crippen LogP contribution >= 0.6 is 0 Å². The number of aliphatic hydroxyl groups is 1. The molecule has 3 aliphatic rings. The van der Waals surface area contributed by atoms with Crippen LogP contribution in [0.3, 0.4) is 0 Å². The van der Waals surface area contributed by atoms with Gasteiger partial charge in [0.2, 0.25) is 0 Å². The first-order chi connectivity index (χ1) is 15.8. The molecule has 0 amide bonds. The van der Waals surface area contributed by atoms with Crippen molar-refractivity contribution < 1.29 is 9.94 Å². The number of rotatable bonds is 4. The number of anilines is 1. The standard InChI is InChI=1S/C23H21N7O2/c31-17-9-16(30-11-26-20-22(27-13-6-7-13)24-10-25-23(20)30)18-19(29-32-21(17)18)15-8-5-12-3-1-2-4-14(12)28-15/h1-5,8,10-11,13,16-18,21,31H,6-7,9H2,(H,24,25,27)/t16-,17+,18-,21-/m1/s1. The number of para-hydroxylation sites is 1. The SMILES string of the molecule is O[C@H]1C[C@@H](n2cnc3c(NC4CC4)ncnc32)[C@@H]2C(c3ccc4ccccc4n3)=NO[C@@H]21. The van der Waals surface area contributed by atoms with Gasteiger partial charge >= 0.3 is 0 Å². The molecule has 2 saturated carbocycles. The number of benzene rings is 1. The number of pyridine rings is 1. The summed E-state index contributed by atoms with van der Waals surface area (Å²) in [6.45, 7) is 0. The molecule has 0 spiro atoms. The van der Waals surface area contributed by atoms with E-state index >= 15 is 0 Å². The Hall–Kier alpha value is -3.59. The van der Waals surface area contributed by atoms with Crippen LogP contribution < -0.4 is 5.32 Å². The van der Waals surface area contributed by atoms with Gasteiger partial charge in [-0.2, -0.15) is 0 Å². The van der Waals surface area contributed by atoms with Crippen molar-refractivity contribution in [3.05, 3.63) is 54.7 Å². The van der Waals surface area contributed by atoms with Crippen molar-refractivity contribution in [1.29, 1.82) is 0 Å². The topological polar surface area (TPSA) is 110 Å². The summed E-state index contributed by atoms with van der Waals surface area (Å²) in [6, 6.07) is 12.4. The maximum Gasteiger partial charge on any atom is 0.165 e. The van der Waals surface area contributed by atoms with Gasteiger partial charge in [0.15, 0.2) is 17.6 Å². The molecule has 4 heterocycles. The Morgan fingerprint density at radius 2 is 1.97 bits per heavy atom. The van der Waals surface area contributed by atoms with Crippen LogP contribution in [-0.2, 0) is 4.84 Å². The number of oxime groups is 1. The number of aliphatic hydroxyl groups excluding tert-OH is 1. The second-order valence-corrected chi connectivity index (χ2v) is 8.80. The monoisotopic (exact) mass is 427 g/mol. The molecule has 1 aliphatic heterocycles. The summed E-state index contributed by atoms with van der Waals surface area (Å²) in [5.74, 6) is 0.616. The number of imidazole rings is 1. The van der Waals surface area contributed by atoms with E-state index in [4.69, 9.17) is 9.82 Å². The van der Waals surface area contributed by atoms with Gasteiger partial charge in [0.25, 0.3) is 0 Å². The molecule has 0 unspecified atom stereocenters. The van der Waals surface area contributed by atoms with Gasteiger partial charge < -0.3 is 19.8 Å². The zero-order chi connectivity index (χ0) is 21.2. The molecule has 4 atom stereocenters. The minimum atomic E-state index is -0.630. The third kappa shape index (κ3) is 2.70. The highest BCUT2D eigenvalue weighted by Gasteiger charge is 2.52. The second-order valence-electron chi connectivity index (χ2n) is 8.80. The lowest BCUT2D eigenvalue weighted by Gasteiger charge is -2.20. The Balaban J connectivity index is 1.29. The molecular weight excluding hydrogens is 406 g/mol. The summed E-state index contributed by atoms with van der Waals surface area (Å²) in [6.07, 6.45) is 5.16. The van der Waals surface area contributed by atoms with E-state index in [2.05, 4.69) is 25.4 Å². The van der Waals surface area contributed by atoms with Crippen LogP contribution in [0, 0.1) is 5.92 Å². The zero-order valence-corrected chi connectivity index (χ0v) is 17.2. The van der Waals surface area contributed by atoms with Gasteiger partial charge in [0.05, 0.1) is 35.6 Å². The van der Waals surface area contributed by atoms with Crippen molar-refractivity contribution in [2.75, 3.05) is 5.32 Å². The molecule has 4 aromatic rings. The van der Waals surface area contributed by atoms with Crippen LogP contribution in [0.1, 0.15) is 31.0 Å². The third-order valence-corrected chi connectivity index (χ3v) is 6.71. The molecule has 3 aromatic heterocycles. The van der Waals surface area contributed by atoms with Crippen molar-refractivity contribution in [3.8, 4) is 0 Å². The Kier molecular flexibility index (Phi) is 3.78. The van der Waals surface area contributed by atoms with Gasteiger partial charge in [-0.05, 0) is 31.4 Å². The van der Waals surface area contributed by atoms with Crippen molar-refractivity contribution in [2.24, 2.45) is 11.1 Å². The number of fused-ring (bicyclic) bond motifs is 3. The summed E-state index contributed by atoms with van der Waals surface area (Å²) in [4.78, 5) is 24.1. The van der Waals surface area contributed by atoms with Gasteiger partial charge in [-0.1, -0.05) is 29.4 Å². The van der Waals surface area contributed by atoms with Gasteiger partial charge in [0, 0.05) is 11.4 Å². The highest BCUT2D eigenvalue weighted by atomic mass is 16.7. The first-order valence-electron chi connectivity index (χ1n) is 11.0. The molecule has 0 saturated heterocycles. The summed E-state index contributed by atoms with van der Waals surface area (Å²) >= 11 is 0. The highest BCUT2D eigenvalue weighted by Crippen LogP contribution is 2.44. The molecule has 7 rings (SSSR count). The Morgan fingerprint density at radius 3 is 2.88 bits per heavy atom. The second kappa shape index (κ2) is 6.70. The highest BCUT2D eigenvalue weighted by molar-refractivity contribution is 6.03. The molecule has 2 N–H and O–H groups in total. The zero-order valence-electron chi connectivity index (χ0n) is 17.2. The average molecular weight is 427 g/mol. The molecule has 2 aliphatic carbocycles. The number of hydrogen-bond donors (Lipinski definition) is 2. The number of aromatic nitrogens is 5. The van der Waals surface area contributed by atoms with Crippen LogP contribution in [0.15, 0.2) is 54.2 Å². The Labute approximate surface area is 183 Å². The van der Waals surface area contributed by atoms with Gasteiger partial charge in [-0.15, -0.1) is 0 Å². The summed E-state index contributed by atoms with van der Waals surface area (Å²) < 4.78 is 2.04. The van der Waals surface area contributed by atoms with Crippen LogP contribution in [0.5, 0.6) is 0 Å². The van der Waals surface area contributed by atoms with E-state index in [-0.39, 0.29) is 12.0 Å². The molecule has 1 aromatic carbocycles. The fourth-order valence-corrected chi connectivity index (χ4v) is 4.97. The fraction of sp³-hybridized carbons (Fsp3) is 0.348. The van der Waals surface area contributed by atoms with Gasteiger partial charge in [-0.3, -0.25) is 0 Å². The minimum absolute atomic E-state index is 0.0989. The molecule has 0 bridgehead atoms. The molecule has 32 heavy (non-hydrogen) atoms. The van der Waals surface area contributed by atoms with Crippen LogP contribution in [0.25, 0.3) is 22.1 Å². The third-order valence-electron chi connectivity index (χ3n) is 6.71. The van der Waals surface area contributed by atoms with E-state index in [0.717, 1.165) is 52.1 Å². The number of nitrogens with zero attached hydrogens (tertiary/aromatic N) is 6. The molecule has 9 heteroatoms. The van der Waals surface area contributed by atoms with E-state index < -0.39 is 12.2 Å². The maximum atomic E-state index is 10.8. The van der Waals surface area contributed by atoms with Gasteiger partial charge in [-0.25, -0.2) is 19.9 Å². The first-order valence-corrected chi connectivity index (χ1v) is 11.0. The van der Waals surface area contributed by atoms with Crippen LogP contribution in [0.2, 0.25) is 0 Å². The molecule has 0 radical (unpaired) electrons. The van der Waals surface area contributed by atoms with Gasteiger partial charge in [0.1, 0.15) is 17.6 Å². The molecule has 9 nitrogen and oxygen atoms in total. The summed E-state index contributed by atoms with van der Waals surface area (Å²) in [7, 11) is 0. The van der Waals surface area contributed by atoms with Crippen molar-refractivity contribution in [2.45, 2.75) is 43.6 Å². The maximum absolute atomic E-state index is 10.8. The number of nitrogens with one attached hydrogen (secondary N) is 1. The fourth-order valence-electron chi connectivity index (χ4n) is 4.97. The van der Waals surface area contributed by atoms with E-state index in [1.807, 2.05) is 41.0 Å². The van der Waals surface area contributed by atoms with Crippen molar-refractivity contribution in [1.82, 2.24) is 24.5 Å². The predicted octanol–water partition coefficient (Wildman–Crippen LogP) is 2.67. The quantitative estimate of drug-likeness (QED) is 0.515. The normalized spacial score (nSPS) is 26.8. The summed E-state index contributed by atoms with van der Waals surface area (Å²) in [5.41, 5.74) is 3.93.